The number of hydrogen-bond acceptors (Lipinski definition) is 3. The van der Waals surface area contributed by atoms with Gasteiger partial charge in [-0.2, -0.15) is 5.26 Å². The van der Waals surface area contributed by atoms with E-state index in [1.807, 2.05) is 36.4 Å². The summed E-state index contributed by atoms with van der Waals surface area (Å²) in [7, 11) is 1.64. The minimum absolute atomic E-state index is 0.515. The number of methoxy groups -OCH3 is 1. The van der Waals surface area contributed by atoms with E-state index in [9.17, 15) is 0 Å². The second-order valence-corrected chi connectivity index (χ2v) is 4.76. The predicted octanol–water partition coefficient (Wildman–Crippen LogP) is 3.05. The highest BCUT2D eigenvalue weighted by molar-refractivity contribution is 7.80. The first-order valence-corrected chi connectivity index (χ1v) is 6.80. The third kappa shape index (κ3) is 4.48. The molecule has 0 fully saturated rings. The van der Waals surface area contributed by atoms with Gasteiger partial charge in [0.25, 0.3) is 0 Å². The third-order valence-electron chi connectivity index (χ3n) is 2.86. The van der Waals surface area contributed by atoms with Crippen molar-refractivity contribution >= 4 is 23.0 Å². The molecule has 4 nitrogen and oxygen atoms in total. The summed E-state index contributed by atoms with van der Waals surface area (Å²) in [6.45, 7) is 0.619. The molecule has 2 N–H and O–H groups in total. The molecule has 0 bridgehead atoms. The summed E-state index contributed by atoms with van der Waals surface area (Å²) in [5.74, 6) is 0.827. The van der Waals surface area contributed by atoms with E-state index in [2.05, 4.69) is 16.7 Å². The zero-order valence-corrected chi connectivity index (χ0v) is 12.4. The van der Waals surface area contributed by atoms with Gasteiger partial charge in [-0.3, -0.25) is 0 Å². The van der Waals surface area contributed by atoms with E-state index in [1.54, 1.807) is 19.2 Å². The number of nitrogens with zero attached hydrogens (tertiary/aromatic N) is 1. The Morgan fingerprint density at radius 3 is 2.67 bits per heavy atom. The summed E-state index contributed by atoms with van der Waals surface area (Å²) in [5.41, 5.74) is 2.49. The van der Waals surface area contributed by atoms with Crippen LogP contribution < -0.4 is 15.4 Å². The Kier molecular flexibility index (Phi) is 5.13. The van der Waals surface area contributed by atoms with Crippen LogP contribution in [0.25, 0.3) is 0 Å². The molecule has 0 saturated carbocycles. The predicted molar refractivity (Wildman–Crippen MR) is 87.2 cm³/mol. The van der Waals surface area contributed by atoms with Crippen molar-refractivity contribution < 1.29 is 4.74 Å². The second-order valence-electron chi connectivity index (χ2n) is 4.35. The van der Waals surface area contributed by atoms with E-state index in [0.717, 1.165) is 17.0 Å². The molecule has 0 spiro atoms. The van der Waals surface area contributed by atoms with Crippen molar-refractivity contribution in [1.82, 2.24) is 5.32 Å². The first-order chi connectivity index (χ1) is 10.2. The highest BCUT2D eigenvalue weighted by Crippen LogP contribution is 2.12. The molecule has 0 aromatic heterocycles. The SMILES string of the molecule is COc1ccc(CNC(=S)Nc2cccc(C#N)c2)cc1. The maximum absolute atomic E-state index is 8.85. The lowest BCUT2D eigenvalue weighted by atomic mass is 10.2. The maximum atomic E-state index is 8.85. The van der Waals surface area contributed by atoms with Gasteiger partial charge in [0.1, 0.15) is 5.75 Å². The quantitative estimate of drug-likeness (QED) is 0.850. The molecule has 2 aromatic rings. The van der Waals surface area contributed by atoms with E-state index in [4.69, 9.17) is 22.2 Å². The van der Waals surface area contributed by atoms with Gasteiger partial charge in [-0.15, -0.1) is 0 Å². The second kappa shape index (κ2) is 7.27. The zero-order chi connectivity index (χ0) is 15.1. The summed E-state index contributed by atoms with van der Waals surface area (Å²) >= 11 is 5.23. The summed E-state index contributed by atoms with van der Waals surface area (Å²) in [6.07, 6.45) is 0. The standard InChI is InChI=1S/C16H15N3OS/c1-20-15-7-5-12(6-8-15)11-18-16(21)19-14-4-2-3-13(9-14)10-17/h2-9H,11H2,1H3,(H2,18,19,21). The Bertz CT molecular complexity index is 662. The fourth-order valence-electron chi connectivity index (χ4n) is 1.77. The van der Waals surface area contributed by atoms with Crippen LogP contribution in [0, 0.1) is 11.3 Å². The Balaban J connectivity index is 1.88. The fourth-order valence-corrected chi connectivity index (χ4v) is 1.96. The van der Waals surface area contributed by atoms with Crippen LogP contribution in [0.15, 0.2) is 48.5 Å². The van der Waals surface area contributed by atoms with Crippen molar-refractivity contribution in [3.8, 4) is 11.8 Å². The number of nitrogens with one attached hydrogen (secondary N) is 2. The molecule has 21 heavy (non-hydrogen) atoms. The summed E-state index contributed by atoms with van der Waals surface area (Å²) in [5, 5.41) is 15.5. The number of thiocarbonyl (C=S) groups is 1. The zero-order valence-electron chi connectivity index (χ0n) is 11.6. The molecular weight excluding hydrogens is 282 g/mol. The molecule has 0 amide bonds. The van der Waals surface area contributed by atoms with Crippen molar-refractivity contribution in [2.45, 2.75) is 6.54 Å². The Hall–Kier alpha value is -2.58. The Morgan fingerprint density at radius 2 is 2.00 bits per heavy atom. The molecule has 2 rings (SSSR count). The van der Waals surface area contributed by atoms with Gasteiger partial charge in [-0.05, 0) is 48.1 Å². The van der Waals surface area contributed by atoms with Crippen molar-refractivity contribution in [2.75, 3.05) is 12.4 Å². The van der Waals surface area contributed by atoms with Crippen molar-refractivity contribution in [3.63, 3.8) is 0 Å². The molecule has 0 aliphatic rings. The van der Waals surface area contributed by atoms with E-state index < -0.39 is 0 Å². The normalized spacial score (nSPS) is 9.52. The van der Waals surface area contributed by atoms with Gasteiger partial charge in [0.15, 0.2) is 5.11 Å². The topological polar surface area (TPSA) is 57.1 Å². The smallest absolute Gasteiger partial charge is 0.171 e. The fraction of sp³-hybridized carbons (Fsp3) is 0.125. The van der Waals surface area contributed by atoms with Crippen LogP contribution in [0.3, 0.4) is 0 Å². The number of benzene rings is 2. The van der Waals surface area contributed by atoms with Gasteiger partial charge in [0, 0.05) is 12.2 Å². The van der Waals surface area contributed by atoms with Crippen LogP contribution in [0.5, 0.6) is 5.75 Å². The van der Waals surface area contributed by atoms with E-state index in [1.165, 1.54) is 0 Å². The minimum atomic E-state index is 0.515. The maximum Gasteiger partial charge on any atom is 0.171 e. The van der Waals surface area contributed by atoms with Crippen LogP contribution in [-0.4, -0.2) is 12.2 Å². The lowest BCUT2D eigenvalue weighted by Gasteiger charge is -2.11. The molecule has 5 heteroatoms. The molecule has 2 aromatic carbocycles. The van der Waals surface area contributed by atoms with E-state index in [0.29, 0.717) is 17.2 Å². The number of anilines is 1. The van der Waals surface area contributed by atoms with Crippen molar-refractivity contribution in [1.29, 1.82) is 5.26 Å². The number of nitriles is 1. The highest BCUT2D eigenvalue weighted by atomic mass is 32.1. The van der Waals surface area contributed by atoms with Gasteiger partial charge in [-0.25, -0.2) is 0 Å². The lowest BCUT2D eigenvalue weighted by molar-refractivity contribution is 0.414. The van der Waals surface area contributed by atoms with Crippen LogP contribution in [0.1, 0.15) is 11.1 Å². The first kappa shape index (κ1) is 14.8. The number of hydrogen-bond donors (Lipinski definition) is 2. The van der Waals surface area contributed by atoms with E-state index in [-0.39, 0.29) is 0 Å². The molecule has 0 atom stereocenters. The molecule has 0 aliphatic carbocycles. The highest BCUT2D eigenvalue weighted by Gasteiger charge is 2.00. The summed E-state index contributed by atoms with van der Waals surface area (Å²) < 4.78 is 5.11. The monoisotopic (exact) mass is 297 g/mol. The van der Waals surface area contributed by atoms with Gasteiger partial charge >= 0.3 is 0 Å². The van der Waals surface area contributed by atoms with Gasteiger partial charge < -0.3 is 15.4 Å². The average Bonchev–Trinajstić information content (AvgIpc) is 2.53. The molecule has 0 saturated heterocycles. The molecule has 0 unspecified atom stereocenters. The number of rotatable bonds is 4. The Morgan fingerprint density at radius 1 is 1.24 bits per heavy atom. The van der Waals surface area contributed by atoms with Gasteiger partial charge in [-0.1, -0.05) is 18.2 Å². The summed E-state index contributed by atoms with van der Waals surface area (Å²) in [4.78, 5) is 0. The van der Waals surface area contributed by atoms with Crippen molar-refractivity contribution in [2.24, 2.45) is 0 Å². The largest absolute Gasteiger partial charge is 0.497 e. The van der Waals surface area contributed by atoms with Gasteiger partial charge in [0.2, 0.25) is 0 Å². The van der Waals surface area contributed by atoms with Crippen molar-refractivity contribution in [3.05, 3.63) is 59.7 Å². The molecule has 106 valence electrons. The summed E-state index contributed by atoms with van der Waals surface area (Å²) in [6, 6.07) is 17.0. The average molecular weight is 297 g/mol. The van der Waals surface area contributed by atoms with E-state index >= 15 is 0 Å². The minimum Gasteiger partial charge on any atom is -0.497 e. The first-order valence-electron chi connectivity index (χ1n) is 6.39. The lowest BCUT2D eigenvalue weighted by Crippen LogP contribution is -2.27. The van der Waals surface area contributed by atoms with Crippen LogP contribution in [0.2, 0.25) is 0 Å². The molecule has 0 aliphatic heterocycles. The molecule has 0 radical (unpaired) electrons. The van der Waals surface area contributed by atoms with Crippen LogP contribution in [-0.2, 0) is 6.54 Å². The molecule has 0 heterocycles. The Labute approximate surface area is 129 Å². The van der Waals surface area contributed by atoms with Crippen LogP contribution in [0.4, 0.5) is 5.69 Å². The van der Waals surface area contributed by atoms with Gasteiger partial charge in [0.05, 0.1) is 18.7 Å². The van der Waals surface area contributed by atoms with Crippen LogP contribution >= 0.6 is 12.2 Å². The molecular formula is C16H15N3OS. The third-order valence-corrected chi connectivity index (χ3v) is 3.11. The number of ether oxygens (including phenoxy) is 1.